The van der Waals surface area contributed by atoms with Gasteiger partial charge in [0, 0.05) is 31.7 Å². The molecule has 0 spiro atoms. The molecule has 2 aromatic carbocycles. The van der Waals surface area contributed by atoms with Crippen LogP contribution in [-0.4, -0.2) is 47.8 Å². The van der Waals surface area contributed by atoms with E-state index >= 15 is 0 Å². The molecular weight excluding hydrogens is 405 g/mol. The molecule has 2 fully saturated rings. The highest BCUT2D eigenvalue weighted by atomic mass is 19.1. The summed E-state index contributed by atoms with van der Waals surface area (Å²) in [6.45, 7) is 3.48. The maximum atomic E-state index is 14.0. The molecule has 2 aliphatic heterocycles. The number of benzene rings is 2. The average molecular weight is 438 g/mol. The smallest absolute Gasteiger partial charge is 0.255 e. The lowest BCUT2D eigenvalue weighted by molar-refractivity contribution is -0.121. The Hall–Kier alpha value is -2.73. The lowest BCUT2D eigenvalue weighted by Crippen LogP contribution is -2.40. The Kier molecular flexibility index (Phi) is 7.53. The first kappa shape index (κ1) is 22.5. The van der Waals surface area contributed by atoms with E-state index in [0.29, 0.717) is 29.9 Å². The van der Waals surface area contributed by atoms with Gasteiger partial charge < -0.3 is 10.2 Å². The molecule has 0 aromatic heterocycles. The molecule has 2 heterocycles. The van der Waals surface area contributed by atoms with E-state index in [2.05, 4.69) is 10.2 Å². The number of hydrogen-bond acceptors (Lipinski definition) is 3. The third-order valence-corrected chi connectivity index (χ3v) is 6.54. The predicted octanol–water partition coefficient (Wildman–Crippen LogP) is 4.69. The number of para-hydroxylation sites is 1. The van der Waals surface area contributed by atoms with Crippen molar-refractivity contribution >= 4 is 17.5 Å². The van der Waals surface area contributed by atoms with Crippen LogP contribution in [0.15, 0.2) is 48.5 Å². The minimum Gasteiger partial charge on any atom is -0.339 e. The summed E-state index contributed by atoms with van der Waals surface area (Å²) in [5, 5.41) is 3.02. The van der Waals surface area contributed by atoms with E-state index in [9.17, 15) is 14.0 Å². The molecule has 0 radical (unpaired) electrons. The van der Waals surface area contributed by atoms with Gasteiger partial charge in [-0.25, -0.2) is 4.39 Å². The van der Waals surface area contributed by atoms with Gasteiger partial charge in [-0.3, -0.25) is 14.5 Å². The fourth-order valence-electron chi connectivity index (χ4n) is 4.74. The molecule has 0 aliphatic carbocycles. The standard InChI is InChI=1S/C26H32FN3O2/c27-23-13-5-3-10-20(23)18-29-15-9-11-21(19-29)25(31)28-24-14-6-4-12-22(24)26(32)30-16-7-1-2-8-17-30/h3-6,10,12-14,21H,1-2,7-9,11,15-19H2,(H,28,31). The summed E-state index contributed by atoms with van der Waals surface area (Å²) in [6.07, 6.45) is 6.06. The Morgan fingerprint density at radius 2 is 1.62 bits per heavy atom. The quantitative estimate of drug-likeness (QED) is 0.738. The van der Waals surface area contributed by atoms with E-state index in [4.69, 9.17) is 0 Å². The normalized spacial score (nSPS) is 19.9. The molecule has 2 saturated heterocycles. The number of halogens is 1. The van der Waals surface area contributed by atoms with Gasteiger partial charge in [0.2, 0.25) is 5.91 Å². The molecule has 1 unspecified atom stereocenters. The van der Waals surface area contributed by atoms with E-state index in [1.54, 1.807) is 18.2 Å². The van der Waals surface area contributed by atoms with Gasteiger partial charge >= 0.3 is 0 Å². The van der Waals surface area contributed by atoms with Crippen molar-refractivity contribution in [2.45, 2.75) is 45.1 Å². The lowest BCUT2D eigenvalue weighted by atomic mass is 9.96. The van der Waals surface area contributed by atoms with Crippen molar-refractivity contribution < 1.29 is 14.0 Å². The fraction of sp³-hybridized carbons (Fsp3) is 0.462. The highest BCUT2D eigenvalue weighted by Crippen LogP contribution is 2.24. The second-order valence-corrected chi connectivity index (χ2v) is 8.91. The van der Waals surface area contributed by atoms with Crippen LogP contribution >= 0.6 is 0 Å². The zero-order valence-electron chi connectivity index (χ0n) is 18.6. The van der Waals surface area contributed by atoms with Gasteiger partial charge in [-0.05, 0) is 50.4 Å². The van der Waals surface area contributed by atoms with Crippen LogP contribution in [0.1, 0.15) is 54.4 Å². The van der Waals surface area contributed by atoms with Crippen molar-refractivity contribution in [3.05, 3.63) is 65.5 Å². The van der Waals surface area contributed by atoms with E-state index in [-0.39, 0.29) is 23.5 Å². The number of anilines is 1. The summed E-state index contributed by atoms with van der Waals surface area (Å²) in [6, 6.07) is 14.1. The lowest BCUT2D eigenvalue weighted by Gasteiger charge is -2.32. The molecule has 4 rings (SSSR count). The summed E-state index contributed by atoms with van der Waals surface area (Å²) in [5.41, 5.74) is 1.79. The SMILES string of the molecule is O=C(Nc1ccccc1C(=O)N1CCCCCC1)C1CCCN(Cc2ccccc2F)C1. The number of piperidine rings is 1. The number of amides is 2. The number of hydrogen-bond donors (Lipinski definition) is 1. The highest BCUT2D eigenvalue weighted by molar-refractivity contribution is 6.04. The maximum absolute atomic E-state index is 14.0. The molecule has 6 heteroatoms. The van der Waals surface area contributed by atoms with Gasteiger partial charge in [-0.15, -0.1) is 0 Å². The number of carbonyl (C=O) groups excluding carboxylic acids is 2. The van der Waals surface area contributed by atoms with Crippen molar-refractivity contribution in [3.8, 4) is 0 Å². The Morgan fingerprint density at radius 1 is 0.906 bits per heavy atom. The molecule has 170 valence electrons. The van der Waals surface area contributed by atoms with Gasteiger partial charge in [0.1, 0.15) is 5.82 Å². The molecule has 2 aliphatic rings. The van der Waals surface area contributed by atoms with Crippen molar-refractivity contribution in [1.29, 1.82) is 0 Å². The van der Waals surface area contributed by atoms with Crippen LogP contribution < -0.4 is 5.32 Å². The second-order valence-electron chi connectivity index (χ2n) is 8.91. The number of rotatable bonds is 5. The van der Waals surface area contributed by atoms with Crippen LogP contribution in [0.25, 0.3) is 0 Å². The molecular formula is C26H32FN3O2. The second kappa shape index (κ2) is 10.7. The Morgan fingerprint density at radius 3 is 2.41 bits per heavy atom. The zero-order chi connectivity index (χ0) is 22.3. The monoisotopic (exact) mass is 437 g/mol. The van der Waals surface area contributed by atoms with E-state index < -0.39 is 0 Å². The molecule has 1 N–H and O–H groups in total. The van der Waals surface area contributed by atoms with Crippen LogP contribution in [0.2, 0.25) is 0 Å². The molecule has 5 nitrogen and oxygen atoms in total. The Balaban J connectivity index is 1.41. The van der Waals surface area contributed by atoms with Gasteiger partial charge in [-0.2, -0.15) is 0 Å². The number of carbonyl (C=O) groups is 2. The minimum atomic E-state index is -0.208. The van der Waals surface area contributed by atoms with Crippen LogP contribution in [0.3, 0.4) is 0 Å². The van der Waals surface area contributed by atoms with Crippen LogP contribution in [0, 0.1) is 11.7 Å². The number of nitrogens with one attached hydrogen (secondary N) is 1. The summed E-state index contributed by atoms with van der Waals surface area (Å²) < 4.78 is 14.0. The first-order chi connectivity index (χ1) is 15.6. The van der Waals surface area contributed by atoms with Gasteiger partial charge in [-0.1, -0.05) is 43.2 Å². The van der Waals surface area contributed by atoms with Crippen molar-refractivity contribution in [3.63, 3.8) is 0 Å². The molecule has 0 bridgehead atoms. The largest absolute Gasteiger partial charge is 0.339 e. The van der Waals surface area contributed by atoms with E-state index in [0.717, 1.165) is 58.2 Å². The van der Waals surface area contributed by atoms with Gasteiger partial charge in [0.15, 0.2) is 0 Å². The van der Waals surface area contributed by atoms with Crippen LogP contribution in [0.5, 0.6) is 0 Å². The van der Waals surface area contributed by atoms with Crippen molar-refractivity contribution in [1.82, 2.24) is 9.80 Å². The third kappa shape index (κ3) is 5.54. The highest BCUT2D eigenvalue weighted by Gasteiger charge is 2.28. The minimum absolute atomic E-state index is 0.00683. The summed E-state index contributed by atoms with van der Waals surface area (Å²) >= 11 is 0. The van der Waals surface area contributed by atoms with Crippen molar-refractivity contribution in [2.24, 2.45) is 5.92 Å². The van der Waals surface area contributed by atoms with Crippen molar-refractivity contribution in [2.75, 3.05) is 31.5 Å². The van der Waals surface area contributed by atoms with E-state index in [1.165, 1.54) is 6.07 Å². The first-order valence-electron chi connectivity index (χ1n) is 11.8. The topological polar surface area (TPSA) is 52.7 Å². The number of likely N-dealkylation sites (tertiary alicyclic amines) is 2. The van der Waals surface area contributed by atoms with E-state index in [1.807, 2.05) is 29.2 Å². The molecule has 0 saturated carbocycles. The number of nitrogens with zero attached hydrogens (tertiary/aromatic N) is 2. The maximum Gasteiger partial charge on any atom is 0.255 e. The van der Waals surface area contributed by atoms with Crippen LogP contribution in [-0.2, 0) is 11.3 Å². The predicted molar refractivity (Wildman–Crippen MR) is 124 cm³/mol. The Bertz CT molecular complexity index is 940. The zero-order valence-corrected chi connectivity index (χ0v) is 18.6. The molecule has 2 amide bonds. The summed E-state index contributed by atoms with van der Waals surface area (Å²) in [5.74, 6) is -0.469. The van der Waals surface area contributed by atoms with Crippen LogP contribution in [0.4, 0.5) is 10.1 Å². The Labute approximate surface area is 189 Å². The first-order valence-corrected chi connectivity index (χ1v) is 11.8. The molecule has 32 heavy (non-hydrogen) atoms. The average Bonchev–Trinajstić information content (AvgIpc) is 3.10. The molecule has 1 atom stereocenters. The van der Waals surface area contributed by atoms with Gasteiger partial charge in [0.05, 0.1) is 17.2 Å². The third-order valence-electron chi connectivity index (χ3n) is 6.54. The fourth-order valence-corrected chi connectivity index (χ4v) is 4.74. The summed E-state index contributed by atoms with van der Waals surface area (Å²) in [7, 11) is 0. The summed E-state index contributed by atoms with van der Waals surface area (Å²) in [4.78, 5) is 30.3. The molecule has 2 aromatic rings. The van der Waals surface area contributed by atoms with Gasteiger partial charge in [0.25, 0.3) is 5.91 Å².